The van der Waals surface area contributed by atoms with Gasteiger partial charge in [0.25, 0.3) is 0 Å². The minimum Gasteiger partial charge on any atom is -0.468 e. The lowest BCUT2D eigenvalue weighted by Gasteiger charge is -2.16. The monoisotopic (exact) mass is 278 g/mol. The van der Waals surface area contributed by atoms with Crippen LogP contribution in [0.3, 0.4) is 0 Å². The molecule has 0 bridgehead atoms. The van der Waals surface area contributed by atoms with E-state index in [1.807, 2.05) is 13.8 Å². The van der Waals surface area contributed by atoms with Gasteiger partial charge in [0, 0.05) is 17.7 Å². The molecule has 0 saturated heterocycles. The molecule has 5 heteroatoms. The molecule has 0 fully saturated rings. The second-order valence-electron chi connectivity index (χ2n) is 4.85. The maximum atomic E-state index is 11.9. The fraction of sp³-hybridized carbons (Fsp3) is 0.467. The van der Waals surface area contributed by atoms with Gasteiger partial charge in [-0.3, -0.25) is 9.59 Å². The van der Waals surface area contributed by atoms with Crippen molar-refractivity contribution in [2.45, 2.75) is 32.7 Å². The molecule has 0 aliphatic carbocycles. The first-order valence-electron chi connectivity index (χ1n) is 6.71. The smallest absolute Gasteiger partial charge is 0.327 e. The van der Waals surface area contributed by atoms with Crippen molar-refractivity contribution in [2.24, 2.45) is 11.7 Å². The third-order valence-corrected chi connectivity index (χ3v) is 3.26. The predicted octanol–water partition coefficient (Wildman–Crippen LogP) is 2.23. The molecule has 110 valence electrons. The highest BCUT2D eigenvalue weighted by Crippen LogP contribution is 2.22. The standard InChI is InChI=1S/C15H22N2O3/c1-4-10(2)9-13(18)17-12-8-6-5-7-11(12)14(16)15(19)20-3/h5-8,10,14H,4,9,16H2,1-3H3,(H,17,18)/t10-,14?/m0/s1. The van der Waals surface area contributed by atoms with Crippen molar-refractivity contribution in [3.63, 3.8) is 0 Å². The SMILES string of the molecule is CC[C@H](C)CC(=O)Nc1ccccc1C(N)C(=O)OC. The maximum Gasteiger partial charge on any atom is 0.327 e. The van der Waals surface area contributed by atoms with Crippen molar-refractivity contribution in [3.05, 3.63) is 29.8 Å². The Morgan fingerprint density at radius 3 is 2.60 bits per heavy atom. The van der Waals surface area contributed by atoms with Crippen LogP contribution < -0.4 is 11.1 Å². The molecule has 0 aromatic heterocycles. The third-order valence-electron chi connectivity index (χ3n) is 3.26. The quantitative estimate of drug-likeness (QED) is 0.782. The molecule has 1 unspecified atom stereocenters. The van der Waals surface area contributed by atoms with Crippen molar-refractivity contribution in [1.82, 2.24) is 0 Å². The molecule has 0 radical (unpaired) electrons. The van der Waals surface area contributed by atoms with Gasteiger partial charge in [-0.05, 0) is 12.0 Å². The molecule has 20 heavy (non-hydrogen) atoms. The summed E-state index contributed by atoms with van der Waals surface area (Å²) in [7, 11) is 1.28. The van der Waals surface area contributed by atoms with E-state index in [9.17, 15) is 9.59 Å². The van der Waals surface area contributed by atoms with Crippen molar-refractivity contribution in [2.75, 3.05) is 12.4 Å². The zero-order chi connectivity index (χ0) is 15.1. The van der Waals surface area contributed by atoms with Gasteiger partial charge in [-0.25, -0.2) is 0 Å². The van der Waals surface area contributed by atoms with Gasteiger partial charge in [0.15, 0.2) is 0 Å². The van der Waals surface area contributed by atoms with Gasteiger partial charge in [0.2, 0.25) is 5.91 Å². The third kappa shape index (κ3) is 4.35. The average Bonchev–Trinajstić information content (AvgIpc) is 2.45. The lowest BCUT2D eigenvalue weighted by molar-refractivity contribution is -0.142. The van der Waals surface area contributed by atoms with Gasteiger partial charge in [-0.1, -0.05) is 38.5 Å². The number of benzene rings is 1. The second-order valence-corrected chi connectivity index (χ2v) is 4.85. The van der Waals surface area contributed by atoms with Gasteiger partial charge in [0.05, 0.1) is 7.11 Å². The molecular weight excluding hydrogens is 256 g/mol. The zero-order valence-electron chi connectivity index (χ0n) is 12.2. The second kappa shape index (κ2) is 7.65. The first-order chi connectivity index (χ1) is 9.49. The number of hydrogen-bond acceptors (Lipinski definition) is 4. The molecule has 1 aromatic carbocycles. The molecule has 1 aromatic rings. The van der Waals surface area contributed by atoms with Crippen LogP contribution in [0.1, 0.15) is 38.3 Å². The Balaban J connectivity index is 2.85. The summed E-state index contributed by atoms with van der Waals surface area (Å²) in [6.45, 7) is 4.06. The van der Waals surface area contributed by atoms with E-state index in [-0.39, 0.29) is 5.91 Å². The van der Waals surface area contributed by atoms with Crippen LogP contribution in [-0.2, 0) is 14.3 Å². The highest BCUT2D eigenvalue weighted by Gasteiger charge is 2.20. The summed E-state index contributed by atoms with van der Waals surface area (Å²) >= 11 is 0. The molecular formula is C15H22N2O3. The fourth-order valence-electron chi connectivity index (χ4n) is 1.80. The van der Waals surface area contributed by atoms with E-state index in [1.54, 1.807) is 24.3 Å². The van der Waals surface area contributed by atoms with Crippen molar-refractivity contribution < 1.29 is 14.3 Å². The zero-order valence-corrected chi connectivity index (χ0v) is 12.2. The van der Waals surface area contributed by atoms with E-state index < -0.39 is 12.0 Å². The van der Waals surface area contributed by atoms with Crippen LogP contribution in [0, 0.1) is 5.92 Å². The molecule has 3 N–H and O–H groups in total. The van der Waals surface area contributed by atoms with Gasteiger partial charge in [0.1, 0.15) is 6.04 Å². The highest BCUT2D eigenvalue weighted by molar-refractivity contribution is 5.93. The summed E-state index contributed by atoms with van der Waals surface area (Å²) in [5.41, 5.74) is 6.93. The number of esters is 1. The molecule has 0 saturated carbocycles. The topological polar surface area (TPSA) is 81.4 Å². The van der Waals surface area contributed by atoms with E-state index in [4.69, 9.17) is 5.73 Å². The Kier molecular flexibility index (Phi) is 6.18. The summed E-state index contributed by atoms with van der Waals surface area (Å²) in [5.74, 6) is -0.297. The molecule has 2 atom stereocenters. The Labute approximate surface area is 119 Å². The molecule has 5 nitrogen and oxygen atoms in total. The minimum atomic E-state index is -0.903. The van der Waals surface area contributed by atoms with E-state index in [0.29, 0.717) is 23.6 Å². The number of carbonyl (C=O) groups excluding carboxylic acids is 2. The Morgan fingerprint density at radius 2 is 2.00 bits per heavy atom. The highest BCUT2D eigenvalue weighted by atomic mass is 16.5. The number of ether oxygens (including phenoxy) is 1. The first-order valence-corrected chi connectivity index (χ1v) is 6.71. The average molecular weight is 278 g/mol. The molecule has 0 heterocycles. The van der Waals surface area contributed by atoms with Gasteiger partial charge >= 0.3 is 5.97 Å². The van der Waals surface area contributed by atoms with E-state index in [1.165, 1.54) is 7.11 Å². The maximum absolute atomic E-state index is 11.9. The number of methoxy groups -OCH3 is 1. The number of para-hydroxylation sites is 1. The van der Waals surface area contributed by atoms with Gasteiger partial charge < -0.3 is 15.8 Å². The Morgan fingerprint density at radius 1 is 1.35 bits per heavy atom. The summed E-state index contributed by atoms with van der Waals surface area (Å²) in [4.78, 5) is 23.4. The molecule has 1 amide bonds. The fourth-order valence-corrected chi connectivity index (χ4v) is 1.80. The minimum absolute atomic E-state index is 0.0798. The van der Waals surface area contributed by atoms with Crippen molar-refractivity contribution >= 4 is 17.6 Å². The van der Waals surface area contributed by atoms with Crippen LogP contribution in [0.15, 0.2) is 24.3 Å². The number of nitrogens with two attached hydrogens (primary N) is 1. The van der Waals surface area contributed by atoms with Crippen LogP contribution in [-0.4, -0.2) is 19.0 Å². The summed E-state index contributed by atoms with van der Waals surface area (Å²) in [6.07, 6.45) is 1.38. The number of carbonyl (C=O) groups is 2. The van der Waals surface area contributed by atoms with Crippen LogP contribution in [0.25, 0.3) is 0 Å². The molecule has 0 aliphatic rings. The number of anilines is 1. The molecule has 1 rings (SSSR count). The van der Waals surface area contributed by atoms with E-state index in [0.717, 1.165) is 6.42 Å². The van der Waals surface area contributed by atoms with E-state index in [2.05, 4.69) is 10.1 Å². The van der Waals surface area contributed by atoms with Crippen LogP contribution in [0.2, 0.25) is 0 Å². The lowest BCUT2D eigenvalue weighted by Crippen LogP contribution is -2.25. The van der Waals surface area contributed by atoms with Crippen LogP contribution in [0.5, 0.6) is 0 Å². The van der Waals surface area contributed by atoms with Crippen molar-refractivity contribution in [3.8, 4) is 0 Å². The molecule has 0 spiro atoms. The number of nitrogens with one attached hydrogen (secondary N) is 1. The van der Waals surface area contributed by atoms with E-state index >= 15 is 0 Å². The van der Waals surface area contributed by atoms with Gasteiger partial charge in [-0.2, -0.15) is 0 Å². The lowest BCUT2D eigenvalue weighted by atomic mass is 10.0. The van der Waals surface area contributed by atoms with Crippen LogP contribution >= 0.6 is 0 Å². The normalized spacial score (nSPS) is 13.4. The summed E-state index contributed by atoms with van der Waals surface area (Å²) < 4.78 is 4.63. The summed E-state index contributed by atoms with van der Waals surface area (Å²) in [5, 5.41) is 2.81. The number of hydrogen-bond donors (Lipinski definition) is 2. The largest absolute Gasteiger partial charge is 0.468 e. The molecule has 0 aliphatic heterocycles. The number of rotatable bonds is 6. The summed E-state index contributed by atoms with van der Waals surface area (Å²) in [6, 6.07) is 6.09. The predicted molar refractivity (Wildman–Crippen MR) is 78.1 cm³/mol. The van der Waals surface area contributed by atoms with Crippen molar-refractivity contribution in [1.29, 1.82) is 0 Å². The Bertz CT molecular complexity index is 474. The van der Waals surface area contributed by atoms with Crippen LogP contribution in [0.4, 0.5) is 5.69 Å². The van der Waals surface area contributed by atoms with Gasteiger partial charge in [-0.15, -0.1) is 0 Å². The number of amides is 1. The Hall–Kier alpha value is -1.88. The first kappa shape index (κ1) is 16.2.